The van der Waals surface area contributed by atoms with Crippen molar-refractivity contribution in [1.82, 2.24) is 4.98 Å². The minimum atomic E-state index is -3.22. The third kappa shape index (κ3) is 3.41. The molecule has 94 valence electrons. The van der Waals surface area contributed by atoms with E-state index in [0.29, 0.717) is 6.61 Å². The molecule has 0 saturated carbocycles. The highest BCUT2D eigenvalue weighted by Crippen LogP contribution is 2.15. The number of ether oxygens (including phenoxy) is 1. The molecule has 1 atom stereocenters. The summed E-state index contributed by atoms with van der Waals surface area (Å²) in [7, 11) is -3.22. The fourth-order valence-corrected chi connectivity index (χ4v) is 2.33. The highest BCUT2D eigenvalue weighted by Gasteiger charge is 2.14. The van der Waals surface area contributed by atoms with Crippen LogP contribution in [0.3, 0.4) is 0 Å². The van der Waals surface area contributed by atoms with Crippen LogP contribution in [0, 0.1) is 0 Å². The normalized spacial score (nSPS) is 21.1. The quantitative estimate of drug-likeness (QED) is 0.876. The third-order valence-corrected chi connectivity index (χ3v) is 3.65. The number of hydrogen-bond acceptors (Lipinski definition) is 5. The van der Waals surface area contributed by atoms with Gasteiger partial charge in [0.1, 0.15) is 0 Å². The van der Waals surface area contributed by atoms with Crippen molar-refractivity contribution >= 4 is 15.5 Å². The Balaban J connectivity index is 2.03. The number of aromatic nitrogens is 1. The van der Waals surface area contributed by atoms with Crippen molar-refractivity contribution in [2.75, 3.05) is 24.8 Å². The second kappa shape index (κ2) is 5.01. The molecular weight excluding hydrogens is 240 g/mol. The Bertz CT molecular complexity index is 464. The maximum Gasteiger partial charge on any atom is 0.192 e. The van der Waals surface area contributed by atoms with E-state index >= 15 is 0 Å². The minimum absolute atomic E-state index is 0.0999. The predicted molar refractivity (Wildman–Crippen MR) is 64.8 cm³/mol. The van der Waals surface area contributed by atoms with Crippen molar-refractivity contribution in [3.63, 3.8) is 0 Å². The second-order valence-electron chi connectivity index (χ2n) is 4.22. The molecule has 1 saturated heterocycles. The van der Waals surface area contributed by atoms with E-state index in [1.807, 2.05) is 0 Å². The molecule has 1 aliphatic rings. The summed E-state index contributed by atoms with van der Waals surface area (Å²) >= 11 is 0. The summed E-state index contributed by atoms with van der Waals surface area (Å²) in [6, 6.07) is 3.54. The summed E-state index contributed by atoms with van der Waals surface area (Å²) in [5, 5.41) is 3.38. The van der Waals surface area contributed by atoms with Gasteiger partial charge in [-0.25, -0.2) is 13.4 Å². The van der Waals surface area contributed by atoms with Gasteiger partial charge in [0, 0.05) is 18.9 Å². The van der Waals surface area contributed by atoms with Gasteiger partial charge in [-0.3, -0.25) is 0 Å². The second-order valence-corrected chi connectivity index (χ2v) is 6.18. The Labute approximate surface area is 101 Å². The maximum atomic E-state index is 11.2. The topological polar surface area (TPSA) is 68.3 Å². The van der Waals surface area contributed by atoms with Crippen LogP contribution in [0.2, 0.25) is 0 Å². The first kappa shape index (κ1) is 12.3. The minimum Gasteiger partial charge on any atom is -0.379 e. The van der Waals surface area contributed by atoms with Gasteiger partial charge in [-0.1, -0.05) is 0 Å². The van der Waals surface area contributed by atoms with E-state index in [2.05, 4.69) is 10.3 Å². The van der Waals surface area contributed by atoms with E-state index in [1.54, 1.807) is 12.3 Å². The van der Waals surface area contributed by atoms with Crippen LogP contribution in [0.1, 0.15) is 12.8 Å². The average Bonchev–Trinajstić information content (AvgIpc) is 2.30. The molecule has 1 fully saturated rings. The van der Waals surface area contributed by atoms with Crippen LogP contribution in [0.5, 0.6) is 0 Å². The number of hydrogen-bond donors (Lipinski definition) is 1. The van der Waals surface area contributed by atoms with Crippen molar-refractivity contribution in [3.8, 4) is 0 Å². The van der Waals surface area contributed by atoms with Gasteiger partial charge in [-0.05, 0) is 25.0 Å². The van der Waals surface area contributed by atoms with Crippen LogP contribution >= 0.6 is 0 Å². The van der Waals surface area contributed by atoms with Gasteiger partial charge in [-0.15, -0.1) is 0 Å². The molecule has 5 nitrogen and oxygen atoms in total. The van der Waals surface area contributed by atoms with E-state index in [9.17, 15) is 8.42 Å². The lowest BCUT2D eigenvalue weighted by Crippen LogP contribution is -2.29. The summed E-state index contributed by atoms with van der Waals surface area (Å²) in [5.41, 5.74) is 0.827. The molecule has 2 heterocycles. The van der Waals surface area contributed by atoms with E-state index in [4.69, 9.17) is 4.74 Å². The molecular formula is C11H16N2O3S. The summed E-state index contributed by atoms with van der Waals surface area (Å²) in [5.74, 6) is 0. The van der Waals surface area contributed by atoms with Gasteiger partial charge >= 0.3 is 0 Å². The highest BCUT2D eigenvalue weighted by atomic mass is 32.2. The molecule has 2 rings (SSSR count). The molecule has 1 N–H and O–H groups in total. The zero-order valence-electron chi connectivity index (χ0n) is 9.72. The number of nitrogens with one attached hydrogen (secondary N) is 1. The van der Waals surface area contributed by atoms with E-state index in [-0.39, 0.29) is 11.1 Å². The van der Waals surface area contributed by atoms with Crippen molar-refractivity contribution in [1.29, 1.82) is 0 Å². The van der Waals surface area contributed by atoms with Crippen LogP contribution in [-0.2, 0) is 14.6 Å². The number of rotatable bonds is 3. The molecule has 0 aliphatic carbocycles. The Morgan fingerprint density at radius 1 is 1.47 bits per heavy atom. The lowest BCUT2D eigenvalue weighted by Gasteiger charge is -2.23. The van der Waals surface area contributed by atoms with Crippen molar-refractivity contribution in [2.45, 2.75) is 23.9 Å². The van der Waals surface area contributed by atoms with E-state index in [1.165, 1.54) is 6.07 Å². The van der Waals surface area contributed by atoms with Gasteiger partial charge in [0.25, 0.3) is 0 Å². The molecule has 1 aromatic rings. The fraction of sp³-hybridized carbons (Fsp3) is 0.545. The molecule has 17 heavy (non-hydrogen) atoms. The molecule has 1 aliphatic heterocycles. The number of nitrogens with zero attached hydrogens (tertiary/aromatic N) is 1. The van der Waals surface area contributed by atoms with Crippen LogP contribution in [-0.4, -0.2) is 38.9 Å². The lowest BCUT2D eigenvalue weighted by molar-refractivity contribution is 0.0876. The zero-order valence-corrected chi connectivity index (χ0v) is 10.5. The van der Waals surface area contributed by atoms with Crippen molar-refractivity contribution in [2.24, 2.45) is 0 Å². The van der Waals surface area contributed by atoms with Crippen LogP contribution in [0.4, 0.5) is 5.69 Å². The summed E-state index contributed by atoms with van der Waals surface area (Å²) < 4.78 is 27.8. The van der Waals surface area contributed by atoms with Gasteiger partial charge in [0.05, 0.1) is 18.5 Å². The average molecular weight is 256 g/mol. The molecule has 0 radical (unpaired) electrons. The molecule has 1 unspecified atom stereocenters. The van der Waals surface area contributed by atoms with Gasteiger partial charge in [0.15, 0.2) is 14.9 Å². The summed E-state index contributed by atoms with van der Waals surface area (Å²) in [4.78, 5) is 3.92. The van der Waals surface area contributed by atoms with E-state index < -0.39 is 9.84 Å². The first-order chi connectivity index (χ1) is 8.05. The zero-order chi connectivity index (χ0) is 12.3. The van der Waals surface area contributed by atoms with Crippen molar-refractivity contribution in [3.05, 3.63) is 18.3 Å². The Morgan fingerprint density at radius 3 is 2.82 bits per heavy atom. The number of sulfone groups is 1. The Morgan fingerprint density at radius 2 is 2.29 bits per heavy atom. The van der Waals surface area contributed by atoms with Gasteiger partial charge in [-0.2, -0.15) is 0 Å². The molecule has 0 bridgehead atoms. The number of pyridine rings is 1. The summed E-state index contributed by atoms with van der Waals surface area (Å²) in [6.45, 7) is 1.51. The number of anilines is 1. The Hall–Kier alpha value is -1.14. The molecule has 6 heteroatoms. The first-order valence-electron chi connectivity index (χ1n) is 5.56. The first-order valence-corrected chi connectivity index (χ1v) is 7.45. The van der Waals surface area contributed by atoms with Crippen LogP contribution in [0.15, 0.2) is 23.4 Å². The highest BCUT2D eigenvalue weighted by molar-refractivity contribution is 7.90. The molecule has 0 aromatic carbocycles. The Kier molecular flexibility index (Phi) is 3.63. The predicted octanol–water partition coefficient (Wildman–Crippen LogP) is 1.08. The van der Waals surface area contributed by atoms with Crippen LogP contribution < -0.4 is 5.32 Å². The smallest absolute Gasteiger partial charge is 0.192 e. The molecule has 1 aromatic heterocycles. The maximum absolute atomic E-state index is 11.2. The van der Waals surface area contributed by atoms with Gasteiger partial charge < -0.3 is 10.1 Å². The fourth-order valence-electron chi connectivity index (χ4n) is 1.78. The van der Waals surface area contributed by atoms with Crippen LogP contribution in [0.25, 0.3) is 0 Å². The molecule has 0 spiro atoms. The lowest BCUT2D eigenvalue weighted by atomic mass is 10.1. The molecule has 0 amide bonds. The largest absolute Gasteiger partial charge is 0.379 e. The summed E-state index contributed by atoms with van der Waals surface area (Å²) in [6.07, 6.45) is 4.81. The SMILES string of the molecule is CS(=O)(=O)c1ccc(NC2CCCOC2)cn1. The third-order valence-electron chi connectivity index (χ3n) is 2.65. The monoisotopic (exact) mass is 256 g/mol. The van der Waals surface area contributed by atoms with Gasteiger partial charge in [0.2, 0.25) is 0 Å². The van der Waals surface area contributed by atoms with Crippen molar-refractivity contribution < 1.29 is 13.2 Å². The standard InChI is InChI=1S/C11H16N2O3S/c1-17(14,15)11-5-4-9(7-12-11)13-10-3-2-6-16-8-10/h4-5,7,10,13H,2-3,6,8H2,1H3. The van der Waals surface area contributed by atoms with E-state index in [0.717, 1.165) is 31.4 Å².